The fraction of sp³-hybridized carbons (Fsp3) is 0.200. The van der Waals surface area contributed by atoms with E-state index in [4.69, 9.17) is 0 Å². The summed E-state index contributed by atoms with van der Waals surface area (Å²) in [5, 5.41) is 0. The lowest BCUT2D eigenvalue weighted by Gasteiger charge is -2.16. The average molecular weight is 262 g/mol. The second-order valence-electron chi connectivity index (χ2n) is 5.32. The van der Waals surface area contributed by atoms with E-state index >= 15 is 0 Å². The Morgan fingerprint density at radius 2 is 1.65 bits per heavy atom. The second kappa shape index (κ2) is 5.92. The summed E-state index contributed by atoms with van der Waals surface area (Å²) in [5.41, 5.74) is 8.37. The Bertz CT molecular complexity index is 659. The molecule has 0 radical (unpaired) electrons. The zero-order chi connectivity index (χ0) is 14.7. The van der Waals surface area contributed by atoms with Gasteiger partial charge in [0.05, 0.1) is 0 Å². The molecule has 0 atom stereocenters. The van der Waals surface area contributed by atoms with E-state index in [0.29, 0.717) is 0 Å². The van der Waals surface area contributed by atoms with Crippen LogP contribution in [0.1, 0.15) is 41.7 Å². The van der Waals surface area contributed by atoms with Crippen molar-refractivity contribution >= 4 is 11.1 Å². The van der Waals surface area contributed by atoms with Gasteiger partial charge in [0.1, 0.15) is 0 Å². The lowest BCUT2D eigenvalue weighted by molar-refractivity contribution is 1.13. The fourth-order valence-corrected chi connectivity index (χ4v) is 2.54. The van der Waals surface area contributed by atoms with Crippen molar-refractivity contribution in [1.82, 2.24) is 0 Å². The lowest BCUT2D eigenvalue weighted by atomic mass is 9.89. The van der Waals surface area contributed by atoms with Crippen molar-refractivity contribution in [1.29, 1.82) is 0 Å². The summed E-state index contributed by atoms with van der Waals surface area (Å²) >= 11 is 0. The Morgan fingerprint density at radius 3 is 2.30 bits per heavy atom. The maximum atomic E-state index is 4.34. The van der Waals surface area contributed by atoms with E-state index < -0.39 is 0 Å². The van der Waals surface area contributed by atoms with E-state index in [0.717, 1.165) is 17.6 Å². The van der Waals surface area contributed by atoms with Crippen molar-refractivity contribution in [3.63, 3.8) is 0 Å². The minimum atomic E-state index is 1.02. The Balaban J connectivity index is 2.56. The van der Waals surface area contributed by atoms with Crippen molar-refractivity contribution in [3.05, 3.63) is 83.4 Å². The lowest BCUT2D eigenvalue weighted by Crippen LogP contribution is -1.97. The zero-order valence-corrected chi connectivity index (χ0v) is 12.7. The topological polar surface area (TPSA) is 0 Å². The molecule has 0 heteroatoms. The number of hydrogen-bond acceptors (Lipinski definition) is 0. The predicted molar refractivity (Wildman–Crippen MR) is 89.8 cm³/mol. The van der Waals surface area contributed by atoms with Gasteiger partial charge in [-0.2, -0.15) is 0 Å². The first kappa shape index (κ1) is 14.3. The number of benzene rings is 2. The number of hydrogen-bond donors (Lipinski definition) is 0. The van der Waals surface area contributed by atoms with Crippen molar-refractivity contribution in [2.45, 2.75) is 27.2 Å². The molecule has 2 aromatic carbocycles. The van der Waals surface area contributed by atoms with Gasteiger partial charge in [-0.1, -0.05) is 73.7 Å². The van der Waals surface area contributed by atoms with Gasteiger partial charge in [-0.25, -0.2) is 0 Å². The fourth-order valence-electron chi connectivity index (χ4n) is 2.54. The van der Waals surface area contributed by atoms with Crippen LogP contribution in [0.15, 0.2) is 55.6 Å². The Hall–Kier alpha value is -2.08. The third-order valence-electron chi connectivity index (χ3n) is 3.68. The maximum absolute atomic E-state index is 4.34. The molecule has 0 N–H and O–H groups in total. The molecule has 0 unspecified atom stereocenters. The monoisotopic (exact) mass is 262 g/mol. The summed E-state index contributed by atoms with van der Waals surface area (Å²) in [6, 6.07) is 15.0. The normalized spacial score (nSPS) is 10.3. The smallest absolute Gasteiger partial charge is 0.0109 e. The van der Waals surface area contributed by atoms with Crippen LogP contribution in [-0.4, -0.2) is 0 Å². The van der Waals surface area contributed by atoms with Gasteiger partial charge in [-0.05, 0) is 48.1 Å². The predicted octanol–water partition coefficient (Wildman–Crippen LogP) is 5.65. The summed E-state index contributed by atoms with van der Waals surface area (Å²) < 4.78 is 0. The third kappa shape index (κ3) is 2.75. The van der Waals surface area contributed by atoms with Gasteiger partial charge in [0.15, 0.2) is 0 Å². The molecule has 0 amide bonds. The molecular formula is C20H22. The summed E-state index contributed by atoms with van der Waals surface area (Å²) in [5.74, 6) is 0. The highest BCUT2D eigenvalue weighted by Gasteiger charge is 2.11. The van der Waals surface area contributed by atoms with E-state index in [1.165, 1.54) is 27.8 Å². The Labute approximate surface area is 122 Å². The van der Waals surface area contributed by atoms with Crippen LogP contribution in [0.3, 0.4) is 0 Å². The van der Waals surface area contributed by atoms with Crippen LogP contribution in [0.2, 0.25) is 0 Å². The van der Waals surface area contributed by atoms with Crippen LogP contribution in [0.5, 0.6) is 0 Å². The van der Waals surface area contributed by atoms with Crippen LogP contribution in [0, 0.1) is 6.92 Å². The maximum Gasteiger partial charge on any atom is -0.0109 e. The molecular weight excluding hydrogens is 240 g/mol. The first-order chi connectivity index (χ1) is 9.54. The highest BCUT2D eigenvalue weighted by molar-refractivity contribution is 5.86. The molecule has 0 nitrogen and oxygen atoms in total. The first-order valence-corrected chi connectivity index (χ1v) is 7.08. The minimum Gasteiger partial charge on any atom is -0.0955 e. The SMILES string of the molecule is C=C(C)c1cc(C)ccc1C(=C)c1ccccc1CC. The van der Waals surface area contributed by atoms with E-state index in [1.54, 1.807) is 0 Å². The quantitative estimate of drug-likeness (QED) is 0.667. The summed E-state index contributed by atoms with van der Waals surface area (Å²) in [6.07, 6.45) is 1.02. The number of rotatable bonds is 4. The van der Waals surface area contributed by atoms with Crippen LogP contribution in [-0.2, 0) is 6.42 Å². The van der Waals surface area contributed by atoms with Gasteiger partial charge in [0.25, 0.3) is 0 Å². The van der Waals surface area contributed by atoms with Crippen molar-refractivity contribution in [3.8, 4) is 0 Å². The standard InChI is InChI=1S/C20H22/c1-6-17-9-7-8-10-18(17)16(5)19-12-11-15(4)13-20(19)14(2)3/h7-13H,2,5-6H2,1,3-4H3. The molecule has 2 rings (SSSR count). The van der Waals surface area contributed by atoms with E-state index in [1.807, 2.05) is 0 Å². The van der Waals surface area contributed by atoms with Gasteiger partial charge >= 0.3 is 0 Å². The third-order valence-corrected chi connectivity index (χ3v) is 3.68. The molecule has 102 valence electrons. The molecule has 0 aliphatic heterocycles. The van der Waals surface area contributed by atoms with Gasteiger partial charge in [-0.3, -0.25) is 0 Å². The summed E-state index contributed by atoms with van der Waals surface area (Å²) in [4.78, 5) is 0. The molecule has 0 saturated heterocycles. The molecule has 20 heavy (non-hydrogen) atoms. The van der Waals surface area contributed by atoms with Crippen LogP contribution in [0.25, 0.3) is 11.1 Å². The van der Waals surface area contributed by atoms with Gasteiger partial charge < -0.3 is 0 Å². The van der Waals surface area contributed by atoms with E-state index in [9.17, 15) is 0 Å². The molecule has 0 saturated carbocycles. The van der Waals surface area contributed by atoms with Crippen molar-refractivity contribution < 1.29 is 0 Å². The van der Waals surface area contributed by atoms with Crippen LogP contribution in [0.4, 0.5) is 0 Å². The molecule has 0 aliphatic rings. The van der Waals surface area contributed by atoms with E-state index in [2.05, 4.69) is 76.4 Å². The molecule has 0 heterocycles. The Kier molecular flexibility index (Phi) is 4.24. The molecule has 0 aromatic heterocycles. The first-order valence-electron chi connectivity index (χ1n) is 7.08. The van der Waals surface area contributed by atoms with E-state index in [-0.39, 0.29) is 0 Å². The summed E-state index contributed by atoms with van der Waals surface area (Å²) in [7, 11) is 0. The molecule has 2 aromatic rings. The van der Waals surface area contributed by atoms with Crippen molar-refractivity contribution in [2.75, 3.05) is 0 Å². The van der Waals surface area contributed by atoms with Gasteiger partial charge in [0.2, 0.25) is 0 Å². The second-order valence-corrected chi connectivity index (χ2v) is 5.32. The average Bonchev–Trinajstić information content (AvgIpc) is 2.46. The van der Waals surface area contributed by atoms with Gasteiger partial charge in [-0.15, -0.1) is 0 Å². The van der Waals surface area contributed by atoms with Crippen molar-refractivity contribution in [2.24, 2.45) is 0 Å². The minimum absolute atomic E-state index is 1.02. The molecule has 0 spiro atoms. The highest BCUT2D eigenvalue weighted by atomic mass is 14.2. The van der Waals surface area contributed by atoms with Gasteiger partial charge in [0, 0.05) is 0 Å². The van der Waals surface area contributed by atoms with Crippen LogP contribution < -0.4 is 0 Å². The molecule has 0 fully saturated rings. The summed E-state index contributed by atoms with van der Waals surface area (Å²) in [6.45, 7) is 14.8. The molecule has 0 bridgehead atoms. The Morgan fingerprint density at radius 1 is 0.950 bits per heavy atom. The number of allylic oxidation sites excluding steroid dienone is 1. The zero-order valence-electron chi connectivity index (χ0n) is 12.7. The largest absolute Gasteiger partial charge is 0.0955 e. The number of aryl methyl sites for hydroxylation is 2. The highest BCUT2D eigenvalue weighted by Crippen LogP contribution is 2.31. The molecule has 0 aliphatic carbocycles. The van der Waals surface area contributed by atoms with Crippen LogP contribution >= 0.6 is 0 Å².